The molecule has 0 amide bonds. The van der Waals surface area contributed by atoms with Crippen molar-refractivity contribution in [1.29, 1.82) is 0 Å². The summed E-state index contributed by atoms with van der Waals surface area (Å²) in [5, 5.41) is 0.439. The van der Waals surface area contributed by atoms with Gasteiger partial charge in [0, 0.05) is 29.8 Å². The second kappa shape index (κ2) is 11.9. The Bertz CT molecular complexity index is 1100. The molecule has 2 heterocycles. The fourth-order valence-electron chi connectivity index (χ4n) is 2.75. The van der Waals surface area contributed by atoms with Gasteiger partial charge in [-0.15, -0.1) is 0 Å². The predicted octanol–water partition coefficient (Wildman–Crippen LogP) is 3.91. The number of aromatic nitrogens is 2. The van der Waals surface area contributed by atoms with E-state index >= 15 is 0 Å². The monoisotopic (exact) mass is 498 g/mol. The third kappa shape index (κ3) is 7.79. The highest BCUT2D eigenvalue weighted by molar-refractivity contribution is 6.30. The number of hydrogen-bond acceptors (Lipinski definition) is 9. The number of halogens is 1. The van der Waals surface area contributed by atoms with Crippen LogP contribution in [-0.4, -0.2) is 52.8 Å². The van der Waals surface area contributed by atoms with Crippen LogP contribution in [0.25, 0.3) is 0 Å². The number of carbonyl (C=O) groups excluding carboxylic acids is 3. The van der Waals surface area contributed by atoms with Crippen LogP contribution in [-0.2, 0) is 19.0 Å². The maximum atomic E-state index is 12.9. The lowest BCUT2D eigenvalue weighted by Gasteiger charge is -2.27. The topological polar surface area (TPSA) is 114 Å². The Morgan fingerprint density at radius 1 is 0.886 bits per heavy atom. The molecular formula is C25H23ClN2O7. The van der Waals surface area contributed by atoms with E-state index in [0.29, 0.717) is 10.8 Å². The number of ether oxygens (including phenoxy) is 4. The summed E-state index contributed by atoms with van der Waals surface area (Å²) in [6.07, 6.45) is 4.61. The van der Waals surface area contributed by atoms with Crippen LogP contribution in [0.15, 0.2) is 73.3 Å². The maximum Gasteiger partial charge on any atom is 0.350 e. The Hall–Kier alpha value is -3.98. The van der Waals surface area contributed by atoms with Gasteiger partial charge in [0.2, 0.25) is 0 Å². The summed E-state index contributed by atoms with van der Waals surface area (Å²) in [6.45, 7) is 2.28. The van der Waals surface area contributed by atoms with Crippen LogP contribution in [0.4, 0.5) is 0 Å². The highest BCUT2D eigenvalue weighted by atomic mass is 35.5. The molecule has 2 aromatic heterocycles. The molecule has 1 aromatic carbocycles. The molecular weight excluding hydrogens is 476 g/mol. The molecule has 0 bridgehead atoms. The van der Waals surface area contributed by atoms with Crippen molar-refractivity contribution in [2.75, 3.05) is 13.2 Å². The molecule has 0 N–H and O–H groups in total. The van der Waals surface area contributed by atoms with Crippen LogP contribution in [0.5, 0.6) is 5.75 Å². The minimum absolute atomic E-state index is 0.217. The Morgan fingerprint density at radius 2 is 1.46 bits per heavy atom. The molecule has 9 nitrogen and oxygen atoms in total. The van der Waals surface area contributed by atoms with Crippen LogP contribution in [0, 0.1) is 0 Å². The van der Waals surface area contributed by atoms with Gasteiger partial charge in [-0.05, 0) is 56.3 Å². The van der Waals surface area contributed by atoms with E-state index in [4.69, 9.17) is 30.5 Å². The van der Waals surface area contributed by atoms with Crippen LogP contribution < -0.4 is 4.74 Å². The van der Waals surface area contributed by atoms with E-state index in [1.54, 1.807) is 36.4 Å². The van der Waals surface area contributed by atoms with E-state index in [-0.39, 0.29) is 24.3 Å². The number of carbonyl (C=O) groups is 3. The highest BCUT2D eigenvalue weighted by Crippen LogP contribution is 2.23. The number of pyridine rings is 2. The van der Waals surface area contributed by atoms with Gasteiger partial charge in [-0.3, -0.25) is 9.97 Å². The molecule has 3 aromatic rings. The Kier molecular flexibility index (Phi) is 8.74. The summed E-state index contributed by atoms with van der Waals surface area (Å²) in [6, 6.07) is 12.8. The zero-order valence-corrected chi connectivity index (χ0v) is 19.8. The quantitative estimate of drug-likeness (QED) is 0.303. The molecule has 0 saturated heterocycles. The van der Waals surface area contributed by atoms with Gasteiger partial charge in [-0.25, -0.2) is 14.4 Å². The summed E-state index contributed by atoms with van der Waals surface area (Å²) >= 11 is 5.98. The molecule has 0 unspecified atom stereocenters. The first-order valence-electron chi connectivity index (χ1n) is 10.5. The van der Waals surface area contributed by atoms with Crippen molar-refractivity contribution in [1.82, 2.24) is 9.97 Å². The van der Waals surface area contributed by atoms with Crippen molar-refractivity contribution in [3.05, 3.63) is 89.5 Å². The number of rotatable bonds is 10. The minimum Gasteiger partial charge on any atom is -0.476 e. The summed E-state index contributed by atoms with van der Waals surface area (Å²) < 4.78 is 21.8. The lowest BCUT2D eigenvalue weighted by atomic mass is 10.1. The van der Waals surface area contributed by atoms with Gasteiger partial charge in [0.05, 0.1) is 11.1 Å². The van der Waals surface area contributed by atoms with E-state index < -0.39 is 29.6 Å². The van der Waals surface area contributed by atoms with Crippen molar-refractivity contribution in [3.8, 4) is 5.75 Å². The second-order valence-electron chi connectivity index (χ2n) is 7.78. The van der Waals surface area contributed by atoms with E-state index in [2.05, 4.69) is 9.97 Å². The van der Waals surface area contributed by atoms with Gasteiger partial charge < -0.3 is 18.9 Å². The lowest BCUT2D eigenvalue weighted by Crippen LogP contribution is -2.43. The average Bonchev–Trinajstić information content (AvgIpc) is 2.86. The molecule has 3 rings (SSSR count). The zero-order valence-electron chi connectivity index (χ0n) is 19.0. The van der Waals surface area contributed by atoms with Gasteiger partial charge in [-0.2, -0.15) is 0 Å². The summed E-state index contributed by atoms with van der Waals surface area (Å²) in [4.78, 5) is 45.3. The zero-order chi connectivity index (χ0) is 25.3. The number of benzene rings is 1. The largest absolute Gasteiger partial charge is 0.476 e. The lowest BCUT2D eigenvalue weighted by molar-refractivity contribution is -0.169. The van der Waals surface area contributed by atoms with Gasteiger partial charge in [0.1, 0.15) is 19.0 Å². The number of hydrogen-bond donors (Lipinski definition) is 0. The first kappa shape index (κ1) is 25.6. The summed E-state index contributed by atoms with van der Waals surface area (Å²) in [7, 11) is 0. The molecule has 0 aliphatic rings. The molecule has 35 heavy (non-hydrogen) atoms. The van der Waals surface area contributed by atoms with Crippen molar-refractivity contribution in [2.24, 2.45) is 0 Å². The standard InChI is InChI=1S/C25H23ClN2O7/c1-25(2,35-20-9-3-8-19(26)12-20)24(31)34-21(15-32-22(29)17-6-4-10-27-13-17)16-33-23(30)18-7-5-11-28-14-18/h3-14,21H,15-16H2,1-2H3. The van der Waals surface area contributed by atoms with Crippen LogP contribution in [0.3, 0.4) is 0 Å². The van der Waals surface area contributed by atoms with Crippen molar-refractivity contribution in [3.63, 3.8) is 0 Å². The van der Waals surface area contributed by atoms with Crippen LogP contribution in [0.2, 0.25) is 5.02 Å². The molecule has 0 atom stereocenters. The smallest absolute Gasteiger partial charge is 0.350 e. The molecule has 0 spiro atoms. The molecule has 0 aliphatic heterocycles. The fraction of sp³-hybridized carbons (Fsp3) is 0.240. The SMILES string of the molecule is CC(C)(Oc1cccc(Cl)c1)C(=O)OC(COC(=O)c1cccnc1)COC(=O)c1cccnc1. The summed E-state index contributed by atoms with van der Waals surface area (Å²) in [5.74, 6) is -1.75. The van der Waals surface area contributed by atoms with Gasteiger partial charge in [-0.1, -0.05) is 17.7 Å². The van der Waals surface area contributed by atoms with Gasteiger partial charge in [0.15, 0.2) is 11.7 Å². The first-order valence-corrected chi connectivity index (χ1v) is 10.9. The molecule has 182 valence electrons. The predicted molar refractivity (Wildman–Crippen MR) is 125 cm³/mol. The number of esters is 3. The van der Waals surface area contributed by atoms with E-state index in [9.17, 15) is 14.4 Å². The third-order valence-corrected chi connectivity index (χ3v) is 4.76. The third-order valence-electron chi connectivity index (χ3n) is 4.53. The Morgan fingerprint density at radius 3 is 1.94 bits per heavy atom. The van der Waals surface area contributed by atoms with E-state index in [1.807, 2.05) is 0 Å². The molecule has 10 heteroatoms. The first-order chi connectivity index (χ1) is 16.7. The minimum atomic E-state index is -1.43. The molecule has 0 radical (unpaired) electrons. The van der Waals surface area contributed by atoms with Crippen molar-refractivity contribution < 1.29 is 33.3 Å². The van der Waals surface area contributed by atoms with Gasteiger partial charge in [0.25, 0.3) is 0 Å². The molecule has 0 saturated carbocycles. The Balaban J connectivity index is 1.67. The van der Waals surface area contributed by atoms with Gasteiger partial charge >= 0.3 is 17.9 Å². The summed E-state index contributed by atoms with van der Waals surface area (Å²) in [5.41, 5.74) is -0.993. The van der Waals surface area contributed by atoms with Crippen LogP contribution in [0.1, 0.15) is 34.6 Å². The maximum absolute atomic E-state index is 12.9. The molecule has 0 fully saturated rings. The Labute approximate surface area is 207 Å². The molecule has 0 aliphatic carbocycles. The van der Waals surface area contributed by atoms with E-state index in [0.717, 1.165) is 0 Å². The van der Waals surface area contributed by atoms with Crippen molar-refractivity contribution >= 4 is 29.5 Å². The van der Waals surface area contributed by atoms with Crippen LogP contribution >= 0.6 is 11.6 Å². The highest BCUT2D eigenvalue weighted by Gasteiger charge is 2.35. The van der Waals surface area contributed by atoms with E-state index in [1.165, 1.54) is 50.8 Å². The normalized spacial score (nSPS) is 11.0. The van der Waals surface area contributed by atoms with Crippen molar-refractivity contribution in [2.45, 2.75) is 25.6 Å². The number of nitrogens with zero attached hydrogens (tertiary/aromatic N) is 2. The average molecular weight is 499 g/mol. The fourth-order valence-corrected chi connectivity index (χ4v) is 2.93. The second-order valence-corrected chi connectivity index (χ2v) is 8.21.